The van der Waals surface area contributed by atoms with Gasteiger partial charge in [0.25, 0.3) is 0 Å². The van der Waals surface area contributed by atoms with Crippen LogP contribution in [-0.2, 0) is 4.57 Å². The van der Waals surface area contributed by atoms with Gasteiger partial charge in [0.05, 0.1) is 12.1 Å². The first kappa shape index (κ1) is 25.6. The maximum atomic E-state index is 14.9. The minimum absolute atomic E-state index is 0.109. The molecular formula is C31H32NO3P. The quantitative estimate of drug-likeness (QED) is 0.200. The summed E-state index contributed by atoms with van der Waals surface area (Å²) in [5.41, 5.74) is 0.813. The van der Waals surface area contributed by atoms with Gasteiger partial charge in [-0.3, -0.25) is 4.79 Å². The lowest BCUT2D eigenvalue weighted by Crippen LogP contribution is -2.40. The summed E-state index contributed by atoms with van der Waals surface area (Å²) in [7, 11) is -3.22. The molecule has 5 heteroatoms. The van der Waals surface area contributed by atoms with E-state index in [-0.39, 0.29) is 12.2 Å². The molecule has 4 rings (SSSR count). The zero-order chi connectivity index (χ0) is 25.4. The maximum absolute atomic E-state index is 14.9. The van der Waals surface area contributed by atoms with Crippen LogP contribution in [0.5, 0.6) is 0 Å². The van der Waals surface area contributed by atoms with Gasteiger partial charge >= 0.3 is 0 Å². The van der Waals surface area contributed by atoms with E-state index < -0.39 is 24.9 Å². The summed E-state index contributed by atoms with van der Waals surface area (Å²) in [6.45, 7) is 1.95. The average molecular weight is 498 g/mol. The van der Waals surface area contributed by atoms with Gasteiger partial charge in [-0.15, -0.1) is 0 Å². The fourth-order valence-corrected chi connectivity index (χ4v) is 8.19. The molecule has 0 spiro atoms. The Morgan fingerprint density at radius 3 is 1.67 bits per heavy atom. The molecule has 0 bridgehead atoms. The second-order valence-electron chi connectivity index (χ2n) is 8.90. The van der Waals surface area contributed by atoms with Crippen molar-refractivity contribution in [2.24, 2.45) is 0 Å². The number of aliphatic hydroxyl groups is 1. The molecule has 1 unspecified atom stereocenters. The van der Waals surface area contributed by atoms with Crippen LogP contribution in [-0.4, -0.2) is 28.7 Å². The Morgan fingerprint density at radius 1 is 0.750 bits per heavy atom. The Morgan fingerprint density at radius 2 is 1.19 bits per heavy atom. The van der Waals surface area contributed by atoms with Crippen molar-refractivity contribution in [3.8, 4) is 0 Å². The Kier molecular flexibility index (Phi) is 8.53. The largest absolute Gasteiger partial charge is 0.392 e. The van der Waals surface area contributed by atoms with Crippen molar-refractivity contribution < 1.29 is 14.5 Å². The van der Waals surface area contributed by atoms with Gasteiger partial charge in [0, 0.05) is 33.9 Å². The average Bonchev–Trinajstić information content (AvgIpc) is 2.94. The fourth-order valence-electron chi connectivity index (χ4n) is 4.77. The van der Waals surface area contributed by atoms with Crippen LogP contribution in [0.1, 0.15) is 30.1 Å². The first-order valence-electron chi connectivity index (χ1n) is 12.3. The van der Waals surface area contributed by atoms with Gasteiger partial charge in [-0.1, -0.05) is 116 Å². The number of Topliss-reactive ketones (excluding diaryl/α,β-unsaturated/α-hetero) is 1. The highest BCUT2D eigenvalue weighted by molar-refractivity contribution is 7.79. The molecule has 0 amide bonds. The number of carbonyl (C=O) groups is 1. The van der Waals surface area contributed by atoms with E-state index in [0.717, 1.165) is 5.69 Å². The van der Waals surface area contributed by atoms with E-state index in [0.29, 0.717) is 22.6 Å². The van der Waals surface area contributed by atoms with Crippen LogP contribution in [0.4, 0.5) is 5.69 Å². The molecule has 0 aromatic heterocycles. The first-order valence-corrected chi connectivity index (χ1v) is 14.1. The van der Waals surface area contributed by atoms with E-state index in [1.807, 2.05) is 116 Å². The van der Waals surface area contributed by atoms with E-state index in [2.05, 4.69) is 5.32 Å². The molecule has 4 aromatic rings. The highest BCUT2D eigenvalue weighted by Crippen LogP contribution is 2.51. The number of ketones is 1. The summed E-state index contributed by atoms with van der Waals surface area (Å²) in [6.07, 6.45) is -0.347. The molecule has 0 saturated heterocycles. The third kappa shape index (κ3) is 5.67. The Hall–Kier alpha value is -3.46. The highest BCUT2D eigenvalue weighted by atomic mass is 31.2. The molecule has 184 valence electrons. The van der Waals surface area contributed by atoms with E-state index in [1.165, 1.54) is 0 Å². The lowest BCUT2D eigenvalue weighted by molar-refractivity contribution is 0.0912. The third-order valence-electron chi connectivity index (χ3n) is 6.58. The lowest BCUT2D eigenvalue weighted by Gasteiger charge is -2.33. The predicted molar refractivity (Wildman–Crippen MR) is 149 cm³/mol. The molecule has 0 aliphatic rings. The molecule has 4 nitrogen and oxygen atoms in total. The van der Waals surface area contributed by atoms with Crippen molar-refractivity contribution in [3.05, 3.63) is 127 Å². The van der Waals surface area contributed by atoms with Gasteiger partial charge in [0.15, 0.2) is 5.78 Å². The van der Waals surface area contributed by atoms with Crippen molar-refractivity contribution in [3.63, 3.8) is 0 Å². The lowest BCUT2D eigenvalue weighted by atomic mass is 9.96. The fraction of sp³-hybridized carbons (Fsp3) is 0.194. The van der Waals surface area contributed by atoms with Gasteiger partial charge in [0.2, 0.25) is 0 Å². The number of hydrogen-bond acceptors (Lipinski definition) is 4. The molecule has 0 aliphatic carbocycles. The maximum Gasteiger partial charge on any atom is 0.185 e. The van der Waals surface area contributed by atoms with Crippen molar-refractivity contribution in [1.29, 1.82) is 0 Å². The normalized spacial score (nSPS) is 13.9. The molecule has 0 saturated carbocycles. The number of benzene rings is 4. The summed E-state index contributed by atoms with van der Waals surface area (Å²) in [5, 5.41) is 16.4. The van der Waals surface area contributed by atoms with Crippen LogP contribution in [0.3, 0.4) is 0 Å². The number of para-hydroxylation sites is 1. The third-order valence-corrected chi connectivity index (χ3v) is 10.3. The predicted octanol–water partition coefficient (Wildman–Crippen LogP) is 5.89. The topological polar surface area (TPSA) is 66.4 Å². The highest BCUT2D eigenvalue weighted by Gasteiger charge is 2.41. The molecule has 4 aromatic carbocycles. The number of aliphatic hydroxyl groups excluding tert-OH is 1. The van der Waals surface area contributed by atoms with Gasteiger partial charge in [-0.25, -0.2) is 0 Å². The second kappa shape index (κ2) is 12.0. The Balaban J connectivity index is 1.70. The van der Waals surface area contributed by atoms with E-state index in [4.69, 9.17) is 0 Å². The van der Waals surface area contributed by atoms with Crippen molar-refractivity contribution in [2.45, 2.75) is 37.6 Å². The summed E-state index contributed by atoms with van der Waals surface area (Å²) < 4.78 is 14.9. The van der Waals surface area contributed by atoms with Gasteiger partial charge in [0.1, 0.15) is 7.14 Å². The van der Waals surface area contributed by atoms with Crippen LogP contribution < -0.4 is 15.9 Å². The molecule has 3 atom stereocenters. The van der Waals surface area contributed by atoms with Crippen LogP contribution in [0, 0.1) is 0 Å². The molecule has 36 heavy (non-hydrogen) atoms. The molecule has 0 radical (unpaired) electrons. The summed E-state index contributed by atoms with van der Waals surface area (Å²) in [6, 6.07) is 36.7. The van der Waals surface area contributed by atoms with Crippen LogP contribution in [0.25, 0.3) is 0 Å². The molecule has 0 fully saturated rings. The first-order chi connectivity index (χ1) is 17.5. The van der Waals surface area contributed by atoms with Crippen LogP contribution in [0.15, 0.2) is 121 Å². The van der Waals surface area contributed by atoms with E-state index in [9.17, 15) is 14.5 Å². The number of hydrogen-bond donors (Lipinski definition) is 2. The number of carbonyl (C=O) groups excluding carboxylic acids is 1. The van der Waals surface area contributed by atoms with Crippen LogP contribution in [0.2, 0.25) is 0 Å². The number of rotatable bonds is 11. The van der Waals surface area contributed by atoms with Crippen molar-refractivity contribution in [1.82, 2.24) is 0 Å². The van der Waals surface area contributed by atoms with E-state index >= 15 is 0 Å². The number of anilines is 1. The smallest absolute Gasteiger partial charge is 0.185 e. The zero-order valence-electron chi connectivity index (χ0n) is 20.4. The summed E-state index contributed by atoms with van der Waals surface area (Å²) >= 11 is 0. The SMILES string of the molecule is CCC([C@@H](O)C[C@H](Nc1ccccc1)C(=O)c1ccccc1)P(=O)(c1ccccc1)c1ccccc1. The van der Waals surface area contributed by atoms with Crippen molar-refractivity contribution >= 4 is 29.2 Å². The Bertz CT molecular complexity index is 1240. The zero-order valence-corrected chi connectivity index (χ0v) is 21.3. The standard InChI is InChI=1S/C31H32NO3P/c1-2-30(36(35,26-19-11-5-12-20-26)27-21-13-6-14-22-27)29(33)23-28(32-25-17-9-4-10-18-25)31(34)24-15-7-3-8-16-24/h3-22,28-30,32-33H,2,23H2,1H3/t28-,29-,30?/m0/s1. The molecular weight excluding hydrogens is 465 g/mol. The molecule has 2 N–H and O–H groups in total. The summed E-state index contributed by atoms with van der Waals surface area (Å²) in [5.74, 6) is -0.109. The van der Waals surface area contributed by atoms with Gasteiger partial charge < -0.3 is 15.0 Å². The number of nitrogens with one attached hydrogen (secondary N) is 1. The molecule has 0 aliphatic heterocycles. The van der Waals surface area contributed by atoms with Crippen LogP contribution >= 0.6 is 7.14 Å². The van der Waals surface area contributed by atoms with E-state index in [1.54, 1.807) is 12.1 Å². The summed E-state index contributed by atoms with van der Waals surface area (Å²) in [4.78, 5) is 13.5. The second-order valence-corrected chi connectivity index (χ2v) is 11.9. The minimum Gasteiger partial charge on any atom is -0.392 e. The van der Waals surface area contributed by atoms with Gasteiger partial charge in [-0.05, 0) is 18.6 Å². The van der Waals surface area contributed by atoms with Crippen molar-refractivity contribution in [2.75, 3.05) is 5.32 Å². The molecule has 0 heterocycles. The minimum atomic E-state index is -3.22. The Labute approximate surface area is 213 Å². The monoisotopic (exact) mass is 497 g/mol. The van der Waals surface area contributed by atoms with Gasteiger partial charge in [-0.2, -0.15) is 0 Å².